The fraction of sp³-hybridized carbons (Fsp3) is 0.571. The van der Waals surface area contributed by atoms with E-state index in [1.165, 1.54) is 6.92 Å². The van der Waals surface area contributed by atoms with E-state index < -0.39 is 0 Å². The summed E-state index contributed by atoms with van der Waals surface area (Å²) >= 11 is 0. The van der Waals surface area contributed by atoms with E-state index >= 15 is 0 Å². The molecule has 0 spiro atoms. The summed E-state index contributed by atoms with van der Waals surface area (Å²) in [4.78, 5) is 22.2. The van der Waals surface area contributed by atoms with Crippen LogP contribution in [0.5, 0.6) is 0 Å². The Bertz CT molecular complexity index is 437. The number of carbonyl (C=O) groups is 2. The smallest absolute Gasteiger partial charge is 0.336 e. The molecule has 2 aliphatic rings. The molecule has 104 valence electrons. The van der Waals surface area contributed by atoms with Gasteiger partial charge in [-0.15, -0.1) is 0 Å². The number of fused-ring (bicyclic) bond motifs is 1. The first-order chi connectivity index (χ1) is 8.99. The van der Waals surface area contributed by atoms with Crippen molar-refractivity contribution in [3.8, 4) is 0 Å². The molecule has 0 bridgehead atoms. The van der Waals surface area contributed by atoms with Crippen LogP contribution in [-0.2, 0) is 23.8 Å². The molecule has 1 saturated heterocycles. The zero-order valence-corrected chi connectivity index (χ0v) is 11.3. The highest BCUT2D eigenvalue weighted by atomic mass is 16.6. The number of cyclic esters (lactones) is 1. The van der Waals surface area contributed by atoms with Gasteiger partial charge >= 0.3 is 11.9 Å². The van der Waals surface area contributed by atoms with Gasteiger partial charge in [-0.05, 0) is 13.0 Å². The van der Waals surface area contributed by atoms with E-state index in [-0.39, 0.29) is 42.8 Å². The maximum atomic E-state index is 11.6. The third-order valence-corrected chi connectivity index (χ3v) is 3.23. The summed E-state index contributed by atoms with van der Waals surface area (Å²) in [6, 6.07) is 0. The maximum absolute atomic E-state index is 11.6. The standard InChI is InChI=1S/C14H18O5/c1-8-7-11-13(9(2)18-14(11)16)19-12(8)5-4-6-17-10(3)15/h4-5,7-9,12-13H,6H2,1-3H3/b5-4+/t8-,9+,12-,13-/m1/s1. The predicted octanol–water partition coefficient (Wildman–Crippen LogP) is 1.38. The number of rotatable bonds is 3. The van der Waals surface area contributed by atoms with Crippen molar-refractivity contribution in [2.45, 2.75) is 39.1 Å². The molecule has 0 radical (unpaired) electrons. The number of esters is 2. The van der Waals surface area contributed by atoms with Gasteiger partial charge in [0.05, 0.1) is 11.7 Å². The molecule has 0 aromatic rings. The van der Waals surface area contributed by atoms with Crippen LogP contribution in [0.25, 0.3) is 0 Å². The summed E-state index contributed by atoms with van der Waals surface area (Å²) in [5.41, 5.74) is 0.615. The minimum atomic E-state index is -0.312. The Morgan fingerprint density at radius 1 is 1.47 bits per heavy atom. The van der Waals surface area contributed by atoms with Gasteiger partial charge < -0.3 is 14.2 Å². The molecule has 0 aromatic carbocycles. The van der Waals surface area contributed by atoms with Gasteiger partial charge in [0, 0.05) is 12.8 Å². The van der Waals surface area contributed by atoms with Gasteiger partial charge in [-0.3, -0.25) is 4.79 Å². The SMILES string of the molecule is CC(=O)OC/C=C/[C@H]1O[C@H]2C(=C[C@H]1C)C(=O)O[C@H]2C. The fourth-order valence-corrected chi connectivity index (χ4v) is 2.26. The van der Waals surface area contributed by atoms with Gasteiger partial charge in [0.25, 0.3) is 0 Å². The lowest BCUT2D eigenvalue weighted by atomic mass is 9.94. The van der Waals surface area contributed by atoms with Crippen molar-refractivity contribution in [2.24, 2.45) is 5.92 Å². The van der Waals surface area contributed by atoms with Gasteiger partial charge in [0.1, 0.15) is 18.8 Å². The van der Waals surface area contributed by atoms with Gasteiger partial charge in [-0.25, -0.2) is 4.79 Å². The van der Waals surface area contributed by atoms with Crippen LogP contribution in [0.1, 0.15) is 20.8 Å². The highest BCUT2D eigenvalue weighted by Crippen LogP contribution is 2.33. The van der Waals surface area contributed by atoms with Crippen LogP contribution < -0.4 is 0 Å². The molecule has 0 aliphatic carbocycles. The Hall–Kier alpha value is -1.62. The minimum absolute atomic E-state index is 0.0812. The predicted molar refractivity (Wildman–Crippen MR) is 67.2 cm³/mol. The highest BCUT2D eigenvalue weighted by Gasteiger charge is 2.42. The molecule has 2 heterocycles. The molecule has 0 N–H and O–H groups in total. The molecule has 1 fully saturated rings. The van der Waals surface area contributed by atoms with Crippen molar-refractivity contribution in [3.63, 3.8) is 0 Å². The van der Waals surface area contributed by atoms with Crippen molar-refractivity contribution in [1.29, 1.82) is 0 Å². The second kappa shape index (κ2) is 5.57. The first-order valence-corrected chi connectivity index (χ1v) is 6.37. The van der Waals surface area contributed by atoms with Crippen LogP contribution in [0, 0.1) is 5.92 Å². The van der Waals surface area contributed by atoms with Gasteiger partial charge in [0.2, 0.25) is 0 Å². The van der Waals surface area contributed by atoms with Crippen molar-refractivity contribution in [2.75, 3.05) is 6.61 Å². The van der Waals surface area contributed by atoms with Crippen LogP contribution >= 0.6 is 0 Å². The zero-order chi connectivity index (χ0) is 14.0. The molecule has 2 rings (SSSR count). The number of hydrogen-bond acceptors (Lipinski definition) is 5. The van der Waals surface area contributed by atoms with Gasteiger partial charge in [-0.2, -0.15) is 0 Å². The average molecular weight is 266 g/mol. The molecule has 0 saturated carbocycles. The quantitative estimate of drug-likeness (QED) is 0.570. The van der Waals surface area contributed by atoms with Crippen LogP contribution in [0.3, 0.4) is 0 Å². The van der Waals surface area contributed by atoms with Gasteiger partial charge in [0.15, 0.2) is 0 Å². The molecule has 5 heteroatoms. The van der Waals surface area contributed by atoms with Crippen molar-refractivity contribution in [3.05, 3.63) is 23.8 Å². The summed E-state index contributed by atoms with van der Waals surface area (Å²) in [6.45, 7) is 5.39. The molecule has 0 aromatic heterocycles. The van der Waals surface area contributed by atoms with Crippen molar-refractivity contribution >= 4 is 11.9 Å². The Balaban J connectivity index is 2.00. The first-order valence-electron chi connectivity index (χ1n) is 6.37. The molecule has 19 heavy (non-hydrogen) atoms. The van der Waals surface area contributed by atoms with E-state index in [9.17, 15) is 9.59 Å². The zero-order valence-electron chi connectivity index (χ0n) is 11.3. The summed E-state index contributed by atoms with van der Waals surface area (Å²) in [6.07, 6.45) is 4.82. The highest BCUT2D eigenvalue weighted by molar-refractivity contribution is 5.92. The van der Waals surface area contributed by atoms with E-state index in [0.29, 0.717) is 5.57 Å². The van der Waals surface area contributed by atoms with Crippen molar-refractivity contribution in [1.82, 2.24) is 0 Å². The lowest BCUT2D eigenvalue weighted by molar-refractivity contribution is -0.140. The summed E-state index contributed by atoms with van der Waals surface area (Å²) < 4.78 is 15.8. The maximum Gasteiger partial charge on any atom is 0.336 e. The third-order valence-electron chi connectivity index (χ3n) is 3.23. The molecule has 2 aliphatic heterocycles. The number of ether oxygens (including phenoxy) is 3. The van der Waals surface area contributed by atoms with E-state index in [1.54, 1.807) is 6.08 Å². The second-order valence-electron chi connectivity index (χ2n) is 4.84. The summed E-state index contributed by atoms with van der Waals surface area (Å²) in [5.74, 6) is -0.516. The van der Waals surface area contributed by atoms with Crippen LogP contribution in [0.2, 0.25) is 0 Å². The molecular formula is C14H18O5. The number of hydrogen-bond donors (Lipinski definition) is 0. The van der Waals surface area contributed by atoms with E-state index in [4.69, 9.17) is 14.2 Å². The lowest BCUT2D eigenvalue weighted by Crippen LogP contribution is -2.35. The molecule has 0 unspecified atom stereocenters. The minimum Gasteiger partial charge on any atom is -0.462 e. The van der Waals surface area contributed by atoms with E-state index in [2.05, 4.69) is 0 Å². The summed E-state index contributed by atoms with van der Waals surface area (Å²) in [5, 5.41) is 0. The van der Waals surface area contributed by atoms with Crippen molar-refractivity contribution < 1.29 is 23.8 Å². The average Bonchev–Trinajstić information content (AvgIpc) is 2.60. The topological polar surface area (TPSA) is 61.8 Å². The normalized spacial score (nSPS) is 33.8. The van der Waals surface area contributed by atoms with Crippen LogP contribution in [0.15, 0.2) is 23.8 Å². The number of carbonyl (C=O) groups excluding carboxylic acids is 2. The molecule has 4 atom stereocenters. The largest absolute Gasteiger partial charge is 0.462 e. The summed E-state index contributed by atoms with van der Waals surface area (Å²) in [7, 11) is 0. The Labute approximate surface area is 112 Å². The molecule has 5 nitrogen and oxygen atoms in total. The van der Waals surface area contributed by atoms with E-state index in [0.717, 1.165) is 0 Å². The van der Waals surface area contributed by atoms with Crippen LogP contribution in [0.4, 0.5) is 0 Å². The second-order valence-corrected chi connectivity index (χ2v) is 4.84. The van der Waals surface area contributed by atoms with E-state index in [1.807, 2.05) is 26.0 Å². The van der Waals surface area contributed by atoms with Gasteiger partial charge in [-0.1, -0.05) is 19.1 Å². The first kappa shape index (κ1) is 13.8. The lowest BCUT2D eigenvalue weighted by Gasteiger charge is -2.29. The molecular weight excluding hydrogens is 248 g/mol. The van der Waals surface area contributed by atoms with Crippen LogP contribution in [-0.4, -0.2) is 36.9 Å². The Morgan fingerprint density at radius 3 is 2.89 bits per heavy atom. The fourth-order valence-electron chi connectivity index (χ4n) is 2.26. The Morgan fingerprint density at radius 2 is 2.21 bits per heavy atom. The molecule has 0 amide bonds. The monoisotopic (exact) mass is 266 g/mol. The third kappa shape index (κ3) is 3.04. The Kier molecular flexibility index (Phi) is 4.04.